The molecule has 0 saturated carbocycles. The number of quaternary nitrogens is 1. The fourth-order valence-electron chi connectivity index (χ4n) is 2.48. The van der Waals surface area contributed by atoms with Gasteiger partial charge in [-0.3, -0.25) is 4.79 Å². The Morgan fingerprint density at radius 2 is 1.81 bits per heavy atom. The zero-order valence-corrected chi connectivity index (χ0v) is 15.0. The van der Waals surface area contributed by atoms with Crippen molar-refractivity contribution in [2.75, 3.05) is 19.5 Å². The van der Waals surface area contributed by atoms with E-state index in [0.717, 1.165) is 10.5 Å². The van der Waals surface area contributed by atoms with Gasteiger partial charge in [-0.05, 0) is 43.3 Å². The molecule has 0 aliphatic carbocycles. The second kappa shape index (κ2) is 9.15. The molecule has 0 fully saturated rings. The Morgan fingerprint density at radius 3 is 2.42 bits per heavy atom. The summed E-state index contributed by atoms with van der Waals surface area (Å²) in [5, 5.41) is 2.87. The third-order valence-corrected chi connectivity index (χ3v) is 4.13. The predicted octanol–water partition coefficient (Wildman–Crippen LogP) is 2.34. The van der Waals surface area contributed by atoms with Crippen LogP contribution in [0.5, 0.6) is 11.5 Å². The van der Waals surface area contributed by atoms with Crippen LogP contribution >= 0.6 is 0 Å². The van der Waals surface area contributed by atoms with Crippen molar-refractivity contribution in [2.24, 2.45) is 0 Å². The Balaban J connectivity index is 1.95. The van der Waals surface area contributed by atoms with E-state index in [9.17, 15) is 13.6 Å². The molecule has 140 valence electrons. The third-order valence-electron chi connectivity index (χ3n) is 4.13. The summed E-state index contributed by atoms with van der Waals surface area (Å²) in [7, 11) is 3.45. The van der Waals surface area contributed by atoms with E-state index in [-0.39, 0.29) is 17.7 Å². The fourth-order valence-corrected chi connectivity index (χ4v) is 2.48. The number of nitrogens with one attached hydrogen (secondary N) is 2. The first kappa shape index (κ1) is 19.7. The van der Waals surface area contributed by atoms with Crippen LogP contribution in [-0.4, -0.2) is 32.7 Å². The number of carbonyl (C=O) groups is 1. The molecule has 0 heterocycles. The highest BCUT2D eigenvalue weighted by atomic mass is 19.3. The smallest absolute Gasteiger partial charge is 0.387 e. The molecule has 7 heteroatoms. The van der Waals surface area contributed by atoms with E-state index in [0.29, 0.717) is 18.0 Å². The van der Waals surface area contributed by atoms with E-state index in [2.05, 4.69) is 10.1 Å². The third kappa shape index (κ3) is 5.42. The normalized spacial score (nSPS) is 13.2. The molecular weight excluding hydrogens is 342 g/mol. The van der Waals surface area contributed by atoms with E-state index in [1.807, 2.05) is 26.1 Å². The average Bonchev–Trinajstić information content (AvgIpc) is 2.62. The lowest BCUT2D eigenvalue weighted by Crippen LogP contribution is -3.12. The Labute approximate surface area is 151 Å². The number of amides is 1. The molecule has 2 aromatic carbocycles. The molecular formula is C19H23F2N2O3+. The molecule has 2 N–H and O–H groups in total. The highest BCUT2D eigenvalue weighted by Gasteiger charge is 2.23. The standard InChI is InChI=1S/C19H22F2N2O3/c1-13(18(24)22-16-6-4-5-7-17(16)25-3)23(2)12-14-8-10-15(11-9-14)26-19(20)21/h4-11,13,19H,12H2,1-3H3,(H,22,24)/p+1/t13-/m0/s1. The second-order valence-electron chi connectivity index (χ2n) is 5.96. The number of ether oxygens (including phenoxy) is 2. The van der Waals surface area contributed by atoms with Gasteiger partial charge in [-0.1, -0.05) is 12.1 Å². The lowest BCUT2D eigenvalue weighted by molar-refractivity contribution is -0.907. The van der Waals surface area contributed by atoms with Crippen LogP contribution in [0.1, 0.15) is 12.5 Å². The first-order chi connectivity index (χ1) is 12.4. The van der Waals surface area contributed by atoms with Crippen molar-refractivity contribution in [3.05, 3.63) is 54.1 Å². The molecule has 0 saturated heterocycles. The van der Waals surface area contributed by atoms with Crippen LogP contribution in [0.2, 0.25) is 0 Å². The minimum Gasteiger partial charge on any atom is -0.495 e. The number of anilines is 1. The Bertz CT molecular complexity index is 723. The highest BCUT2D eigenvalue weighted by Crippen LogP contribution is 2.22. The maximum atomic E-state index is 12.5. The van der Waals surface area contributed by atoms with E-state index < -0.39 is 6.61 Å². The van der Waals surface area contributed by atoms with Gasteiger partial charge in [0.15, 0.2) is 6.04 Å². The lowest BCUT2D eigenvalue weighted by atomic mass is 10.1. The van der Waals surface area contributed by atoms with Gasteiger partial charge in [-0.15, -0.1) is 0 Å². The van der Waals surface area contributed by atoms with Crippen LogP contribution in [0, 0.1) is 0 Å². The molecule has 2 aromatic rings. The number of rotatable bonds is 8. The van der Waals surface area contributed by atoms with Crippen LogP contribution in [-0.2, 0) is 11.3 Å². The molecule has 0 aromatic heterocycles. The lowest BCUT2D eigenvalue weighted by Gasteiger charge is -2.21. The quantitative estimate of drug-likeness (QED) is 0.755. The average molecular weight is 365 g/mol. The second-order valence-corrected chi connectivity index (χ2v) is 5.96. The summed E-state index contributed by atoms with van der Waals surface area (Å²) in [6.07, 6.45) is 0. The number of hydrogen-bond acceptors (Lipinski definition) is 3. The van der Waals surface area contributed by atoms with Crippen molar-refractivity contribution < 1.29 is 27.9 Å². The Morgan fingerprint density at radius 1 is 1.15 bits per heavy atom. The van der Waals surface area contributed by atoms with E-state index in [4.69, 9.17) is 4.74 Å². The van der Waals surface area contributed by atoms with Crippen molar-refractivity contribution in [1.82, 2.24) is 0 Å². The summed E-state index contributed by atoms with van der Waals surface area (Å²) in [5.74, 6) is 0.577. The van der Waals surface area contributed by atoms with Gasteiger partial charge in [-0.2, -0.15) is 8.78 Å². The first-order valence-corrected chi connectivity index (χ1v) is 8.20. The van der Waals surface area contributed by atoms with Gasteiger partial charge < -0.3 is 19.7 Å². The topological polar surface area (TPSA) is 52.0 Å². The molecule has 1 unspecified atom stereocenters. The van der Waals surface area contributed by atoms with Gasteiger partial charge in [0, 0.05) is 5.56 Å². The minimum absolute atomic E-state index is 0.114. The van der Waals surface area contributed by atoms with Crippen molar-refractivity contribution in [2.45, 2.75) is 26.1 Å². The Hall–Kier alpha value is -2.67. The number of para-hydroxylation sites is 2. The number of alkyl halides is 2. The van der Waals surface area contributed by atoms with Crippen molar-refractivity contribution >= 4 is 11.6 Å². The molecule has 2 atom stereocenters. The molecule has 0 bridgehead atoms. The summed E-state index contributed by atoms with van der Waals surface area (Å²) >= 11 is 0. The van der Waals surface area contributed by atoms with Crippen molar-refractivity contribution in [3.63, 3.8) is 0 Å². The van der Waals surface area contributed by atoms with Crippen LogP contribution in [0.25, 0.3) is 0 Å². The van der Waals surface area contributed by atoms with Crippen LogP contribution < -0.4 is 19.7 Å². The number of benzene rings is 2. The summed E-state index contributed by atoms with van der Waals surface area (Å²) in [6.45, 7) is -0.447. The largest absolute Gasteiger partial charge is 0.495 e. The SMILES string of the molecule is COc1ccccc1NC(=O)[C@H](C)[NH+](C)Cc1ccc(OC(F)F)cc1. The molecule has 0 aliphatic rings. The predicted molar refractivity (Wildman–Crippen MR) is 94.8 cm³/mol. The summed E-state index contributed by atoms with van der Waals surface area (Å²) in [4.78, 5) is 13.5. The van der Waals surface area contributed by atoms with E-state index in [1.54, 1.807) is 31.4 Å². The molecule has 5 nitrogen and oxygen atoms in total. The van der Waals surface area contributed by atoms with Gasteiger partial charge >= 0.3 is 6.61 Å². The number of methoxy groups -OCH3 is 1. The Kier molecular flexibility index (Phi) is 6.91. The maximum absolute atomic E-state index is 12.5. The molecule has 26 heavy (non-hydrogen) atoms. The number of carbonyl (C=O) groups excluding carboxylic acids is 1. The van der Waals surface area contributed by atoms with E-state index >= 15 is 0 Å². The summed E-state index contributed by atoms with van der Waals surface area (Å²) in [5.41, 5.74) is 1.54. The zero-order chi connectivity index (χ0) is 19.1. The van der Waals surface area contributed by atoms with Gasteiger partial charge in [0.05, 0.1) is 19.8 Å². The molecule has 0 spiro atoms. The minimum atomic E-state index is -2.84. The van der Waals surface area contributed by atoms with Gasteiger partial charge in [0.1, 0.15) is 18.0 Å². The fraction of sp³-hybridized carbons (Fsp3) is 0.316. The van der Waals surface area contributed by atoms with Gasteiger partial charge in [0.2, 0.25) is 0 Å². The van der Waals surface area contributed by atoms with Crippen LogP contribution in [0.4, 0.5) is 14.5 Å². The van der Waals surface area contributed by atoms with Gasteiger partial charge in [0.25, 0.3) is 5.91 Å². The molecule has 2 rings (SSSR count). The molecule has 0 aliphatic heterocycles. The summed E-state index contributed by atoms with van der Waals surface area (Å²) < 4.78 is 33.9. The molecule has 0 radical (unpaired) electrons. The maximum Gasteiger partial charge on any atom is 0.387 e. The number of halogens is 2. The van der Waals surface area contributed by atoms with Crippen LogP contribution in [0.15, 0.2) is 48.5 Å². The van der Waals surface area contributed by atoms with E-state index in [1.165, 1.54) is 12.1 Å². The monoisotopic (exact) mass is 365 g/mol. The zero-order valence-electron chi connectivity index (χ0n) is 15.0. The summed E-state index contributed by atoms with van der Waals surface area (Å²) in [6, 6.07) is 13.3. The highest BCUT2D eigenvalue weighted by molar-refractivity contribution is 5.94. The first-order valence-electron chi connectivity index (χ1n) is 8.20. The molecule has 1 amide bonds. The number of hydrogen-bond donors (Lipinski definition) is 2. The number of likely N-dealkylation sites (N-methyl/N-ethyl adjacent to an activating group) is 1. The van der Waals surface area contributed by atoms with Crippen LogP contribution in [0.3, 0.4) is 0 Å². The van der Waals surface area contributed by atoms with Gasteiger partial charge in [-0.25, -0.2) is 0 Å². The van der Waals surface area contributed by atoms with Crippen molar-refractivity contribution in [3.8, 4) is 11.5 Å². The van der Waals surface area contributed by atoms with Crippen molar-refractivity contribution in [1.29, 1.82) is 0 Å².